The van der Waals surface area contributed by atoms with Gasteiger partial charge in [-0.3, -0.25) is 4.90 Å². The van der Waals surface area contributed by atoms with Gasteiger partial charge in [-0.25, -0.2) is 9.97 Å². The number of imidazole rings is 1. The number of hydrogen-bond donors (Lipinski definition) is 0. The van der Waals surface area contributed by atoms with Crippen LogP contribution in [-0.4, -0.2) is 46.2 Å². The van der Waals surface area contributed by atoms with Crippen LogP contribution in [0.25, 0.3) is 11.4 Å². The molecule has 0 unspecified atom stereocenters. The zero-order chi connectivity index (χ0) is 15.5. The first-order chi connectivity index (χ1) is 10.7. The molecular formula is C17H24N4O. The molecule has 1 saturated heterocycles. The fraction of sp³-hybridized carbons (Fsp3) is 0.529. The zero-order valence-corrected chi connectivity index (χ0v) is 13.6. The summed E-state index contributed by atoms with van der Waals surface area (Å²) in [7, 11) is 3.79. The molecule has 22 heavy (non-hydrogen) atoms. The van der Waals surface area contributed by atoms with Crippen LogP contribution in [-0.2, 0) is 11.8 Å². The molecule has 0 aromatic carbocycles. The summed E-state index contributed by atoms with van der Waals surface area (Å²) in [6.45, 7) is 4.89. The van der Waals surface area contributed by atoms with E-state index in [4.69, 9.17) is 9.72 Å². The molecule has 1 aliphatic heterocycles. The lowest BCUT2D eigenvalue weighted by molar-refractivity contribution is 0.140. The minimum atomic E-state index is 0.407. The van der Waals surface area contributed by atoms with Crippen LogP contribution in [0.2, 0.25) is 0 Å². The molecule has 5 nitrogen and oxygen atoms in total. The first-order valence-corrected chi connectivity index (χ1v) is 7.89. The highest BCUT2D eigenvalue weighted by atomic mass is 16.5. The Balaban J connectivity index is 1.86. The molecule has 2 aromatic heterocycles. The average Bonchev–Trinajstić information content (AvgIpc) is 3.13. The van der Waals surface area contributed by atoms with Crippen molar-refractivity contribution in [2.24, 2.45) is 7.05 Å². The lowest BCUT2D eigenvalue weighted by atomic mass is 10.1. The van der Waals surface area contributed by atoms with Gasteiger partial charge in [0.25, 0.3) is 0 Å². The number of ether oxygens (including phenoxy) is 1. The van der Waals surface area contributed by atoms with Crippen molar-refractivity contribution in [3.63, 3.8) is 0 Å². The van der Waals surface area contributed by atoms with Gasteiger partial charge in [0.1, 0.15) is 5.82 Å². The Morgan fingerprint density at radius 2 is 2.23 bits per heavy atom. The number of nitrogens with zero attached hydrogens (tertiary/aromatic N) is 4. The Hall–Kier alpha value is -1.72. The zero-order valence-electron chi connectivity index (χ0n) is 13.6. The smallest absolute Gasteiger partial charge is 0.105 e. The minimum Gasteiger partial charge on any atom is -0.383 e. The van der Waals surface area contributed by atoms with Crippen LogP contribution in [0, 0.1) is 6.92 Å². The highest BCUT2D eigenvalue weighted by molar-refractivity contribution is 5.54. The Kier molecular flexibility index (Phi) is 4.55. The molecular weight excluding hydrogens is 276 g/mol. The van der Waals surface area contributed by atoms with Crippen LogP contribution in [0.3, 0.4) is 0 Å². The molecule has 0 saturated carbocycles. The molecule has 1 fully saturated rings. The van der Waals surface area contributed by atoms with Crippen molar-refractivity contribution in [3.05, 3.63) is 35.9 Å². The Bertz CT molecular complexity index is 637. The van der Waals surface area contributed by atoms with Gasteiger partial charge in [0, 0.05) is 20.7 Å². The van der Waals surface area contributed by atoms with E-state index in [2.05, 4.69) is 32.7 Å². The molecule has 0 N–H and O–H groups in total. The van der Waals surface area contributed by atoms with Crippen molar-refractivity contribution >= 4 is 0 Å². The minimum absolute atomic E-state index is 0.407. The topological polar surface area (TPSA) is 43.2 Å². The fourth-order valence-electron chi connectivity index (χ4n) is 3.16. The molecule has 2 aromatic rings. The summed E-state index contributed by atoms with van der Waals surface area (Å²) >= 11 is 0. The van der Waals surface area contributed by atoms with Gasteiger partial charge in [-0.1, -0.05) is 6.07 Å². The Morgan fingerprint density at radius 3 is 2.95 bits per heavy atom. The SMILES string of the molecule is COCCN1CCC[C@H]1c1cccc(-c2cnc(C)n2C)n1. The average molecular weight is 300 g/mol. The predicted molar refractivity (Wildman–Crippen MR) is 86.6 cm³/mol. The van der Waals surface area contributed by atoms with Crippen LogP contribution in [0.5, 0.6) is 0 Å². The monoisotopic (exact) mass is 300 g/mol. The molecule has 118 valence electrons. The first kappa shape index (κ1) is 15.2. The Morgan fingerprint density at radius 1 is 1.36 bits per heavy atom. The number of aromatic nitrogens is 3. The van der Waals surface area contributed by atoms with E-state index < -0.39 is 0 Å². The van der Waals surface area contributed by atoms with E-state index >= 15 is 0 Å². The first-order valence-electron chi connectivity index (χ1n) is 7.89. The lowest BCUT2D eigenvalue weighted by Gasteiger charge is -2.24. The van der Waals surface area contributed by atoms with Crippen LogP contribution >= 0.6 is 0 Å². The van der Waals surface area contributed by atoms with E-state index in [9.17, 15) is 0 Å². The summed E-state index contributed by atoms with van der Waals surface area (Å²) in [4.78, 5) is 11.8. The van der Waals surface area contributed by atoms with E-state index in [0.29, 0.717) is 6.04 Å². The molecule has 3 rings (SSSR count). The van der Waals surface area contributed by atoms with Crippen molar-refractivity contribution < 1.29 is 4.74 Å². The molecule has 0 aliphatic carbocycles. The predicted octanol–water partition coefficient (Wildman–Crippen LogP) is 2.57. The van der Waals surface area contributed by atoms with Gasteiger partial charge in [0.05, 0.1) is 35.9 Å². The van der Waals surface area contributed by atoms with E-state index in [1.807, 2.05) is 20.2 Å². The van der Waals surface area contributed by atoms with Gasteiger partial charge in [-0.2, -0.15) is 0 Å². The maximum Gasteiger partial charge on any atom is 0.105 e. The van der Waals surface area contributed by atoms with Gasteiger partial charge in [-0.05, 0) is 38.4 Å². The van der Waals surface area contributed by atoms with Gasteiger partial charge >= 0.3 is 0 Å². The van der Waals surface area contributed by atoms with Crippen LogP contribution in [0.1, 0.15) is 30.4 Å². The number of aryl methyl sites for hydroxylation is 1. The molecule has 0 amide bonds. The number of rotatable bonds is 5. The highest BCUT2D eigenvalue weighted by Gasteiger charge is 2.26. The summed E-state index contributed by atoms with van der Waals surface area (Å²) in [5.41, 5.74) is 3.23. The molecule has 0 spiro atoms. The van der Waals surface area contributed by atoms with Crippen molar-refractivity contribution in [1.82, 2.24) is 19.4 Å². The lowest BCUT2D eigenvalue weighted by Crippen LogP contribution is -2.27. The number of methoxy groups -OCH3 is 1. The third-order valence-corrected chi connectivity index (χ3v) is 4.54. The normalized spacial score (nSPS) is 19.0. The second-order valence-electron chi connectivity index (χ2n) is 5.88. The van der Waals surface area contributed by atoms with Crippen LogP contribution in [0.15, 0.2) is 24.4 Å². The van der Waals surface area contributed by atoms with Crippen molar-refractivity contribution in [2.45, 2.75) is 25.8 Å². The molecule has 1 atom stereocenters. The van der Waals surface area contributed by atoms with Crippen molar-refractivity contribution in [1.29, 1.82) is 0 Å². The largest absolute Gasteiger partial charge is 0.383 e. The second kappa shape index (κ2) is 6.58. The molecule has 1 aliphatic rings. The molecule has 3 heterocycles. The van der Waals surface area contributed by atoms with Crippen molar-refractivity contribution in [3.8, 4) is 11.4 Å². The van der Waals surface area contributed by atoms with Crippen LogP contribution in [0.4, 0.5) is 0 Å². The number of pyridine rings is 1. The fourth-order valence-corrected chi connectivity index (χ4v) is 3.16. The number of hydrogen-bond acceptors (Lipinski definition) is 4. The summed E-state index contributed by atoms with van der Waals surface area (Å²) in [6, 6.07) is 6.72. The van der Waals surface area contributed by atoms with E-state index in [-0.39, 0.29) is 0 Å². The molecule has 0 radical (unpaired) electrons. The summed E-state index contributed by atoms with van der Waals surface area (Å²) < 4.78 is 7.31. The van der Waals surface area contributed by atoms with Gasteiger partial charge in [0.2, 0.25) is 0 Å². The van der Waals surface area contributed by atoms with Crippen molar-refractivity contribution in [2.75, 3.05) is 26.8 Å². The highest BCUT2D eigenvalue weighted by Crippen LogP contribution is 2.31. The van der Waals surface area contributed by atoms with E-state index in [1.165, 1.54) is 12.8 Å². The molecule has 5 heteroatoms. The van der Waals surface area contributed by atoms with Crippen LogP contribution < -0.4 is 0 Å². The van der Waals surface area contributed by atoms with E-state index in [0.717, 1.165) is 42.6 Å². The van der Waals surface area contributed by atoms with Gasteiger partial charge in [-0.15, -0.1) is 0 Å². The summed E-state index contributed by atoms with van der Waals surface area (Å²) in [5.74, 6) is 1.00. The van der Waals surface area contributed by atoms with Gasteiger partial charge in [0.15, 0.2) is 0 Å². The summed E-state index contributed by atoms with van der Waals surface area (Å²) in [5, 5.41) is 0. The Labute approximate surface area is 131 Å². The van der Waals surface area contributed by atoms with Gasteiger partial charge < -0.3 is 9.30 Å². The second-order valence-corrected chi connectivity index (χ2v) is 5.88. The summed E-state index contributed by atoms with van der Waals surface area (Å²) in [6.07, 6.45) is 4.30. The third-order valence-electron chi connectivity index (χ3n) is 4.54. The maximum atomic E-state index is 5.23. The third kappa shape index (κ3) is 2.91. The maximum absolute atomic E-state index is 5.23. The number of likely N-dealkylation sites (tertiary alicyclic amines) is 1. The standard InChI is InChI=1S/C17H24N4O/c1-13-18-12-17(20(13)2)15-7-4-6-14(19-15)16-8-5-9-21(16)10-11-22-3/h4,6-7,12,16H,5,8-11H2,1-3H3/t16-/m0/s1. The van der Waals surface area contributed by atoms with E-state index in [1.54, 1.807) is 7.11 Å². The molecule has 0 bridgehead atoms. The quantitative estimate of drug-likeness (QED) is 0.851.